The van der Waals surface area contributed by atoms with Crippen LogP contribution in [-0.4, -0.2) is 69.1 Å². The van der Waals surface area contributed by atoms with Crippen LogP contribution < -0.4 is 15.3 Å². The van der Waals surface area contributed by atoms with E-state index in [9.17, 15) is 24.2 Å². The van der Waals surface area contributed by atoms with Crippen LogP contribution in [0, 0.1) is 34.5 Å². The zero-order chi connectivity index (χ0) is 41.0. The lowest BCUT2D eigenvalue weighted by atomic mass is 9.72. The minimum atomic E-state index is -4.59. The number of nitrogens with one attached hydrogen (secondary N) is 1. The molecule has 1 aliphatic heterocycles. The molecule has 3 aromatic rings. The van der Waals surface area contributed by atoms with Gasteiger partial charge >= 0.3 is 25.7 Å². The van der Waals surface area contributed by atoms with Gasteiger partial charge in [0.25, 0.3) is 0 Å². The van der Waals surface area contributed by atoms with Crippen molar-refractivity contribution in [1.29, 1.82) is 5.26 Å². The first-order valence-electron chi connectivity index (χ1n) is 18.9. The van der Waals surface area contributed by atoms with Crippen LogP contribution >= 0.6 is 7.75 Å². The molecule has 2 fully saturated rings. The maximum atomic E-state index is 14.7. The quantitative estimate of drug-likeness (QED) is 0.107. The summed E-state index contributed by atoms with van der Waals surface area (Å²) < 4.78 is 52.2. The molecule has 3 N–H and O–H groups in total. The smallest absolute Gasteiger partial charge is 0.459 e. The predicted octanol–water partition coefficient (Wildman–Crippen LogP) is 6.11. The number of nitriles is 1. The molecule has 0 bridgehead atoms. The van der Waals surface area contributed by atoms with E-state index in [4.69, 9.17) is 33.7 Å². The molecule has 1 saturated heterocycles. The minimum absolute atomic E-state index is 0.129. The van der Waals surface area contributed by atoms with Crippen LogP contribution in [-0.2, 0) is 42.4 Å². The second kappa shape index (κ2) is 17.3. The molecule has 1 aromatic carbocycles. The molecule has 56 heavy (non-hydrogen) atoms. The van der Waals surface area contributed by atoms with Crippen molar-refractivity contribution in [2.45, 2.75) is 117 Å². The van der Waals surface area contributed by atoms with E-state index in [2.05, 4.69) is 42.0 Å². The number of carbonyl (C=O) groups excluding carboxylic acids is 3. The third-order valence-electron chi connectivity index (χ3n) is 10.1. The highest BCUT2D eigenvalue weighted by atomic mass is 31.2. The first-order valence-corrected chi connectivity index (χ1v) is 20.5. The van der Waals surface area contributed by atoms with Crippen molar-refractivity contribution in [2.24, 2.45) is 23.2 Å². The van der Waals surface area contributed by atoms with Crippen LogP contribution in [0.2, 0.25) is 0 Å². The fourth-order valence-corrected chi connectivity index (χ4v) is 8.27. The van der Waals surface area contributed by atoms with E-state index in [1.165, 1.54) is 29.9 Å². The Labute approximate surface area is 327 Å². The number of esters is 3. The highest BCUT2D eigenvalue weighted by Gasteiger charge is 2.62. The van der Waals surface area contributed by atoms with Crippen LogP contribution in [0.25, 0.3) is 5.52 Å². The Balaban J connectivity index is 1.47. The normalized spacial score (nSPS) is 25.6. The summed E-state index contributed by atoms with van der Waals surface area (Å²) in [7, 11) is -4.59. The second-order valence-corrected chi connectivity index (χ2v) is 17.8. The Kier molecular flexibility index (Phi) is 13.2. The summed E-state index contributed by atoms with van der Waals surface area (Å²) in [4.78, 5) is 43.9. The number of hydrogen-bond donors (Lipinski definition) is 2. The Hall–Kier alpha value is -4.55. The Bertz CT molecular complexity index is 1950. The van der Waals surface area contributed by atoms with Gasteiger partial charge in [-0.05, 0) is 68.2 Å². The van der Waals surface area contributed by atoms with Crippen LogP contribution in [0.1, 0.15) is 92.9 Å². The SMILES string of the molecule is CC(C)C(=O)O[C@H]1[C@H](c2ccc3c(N)ncnn23)O[C@](C#N)(CO[P@@](=O)(N[C@@H](C)C(=O)OC2CCC(C(C)(C)C)CC2)Oc2ccccc2)[C@H]1OC(=O)C(C)C. The van der Waals surface area contributed by atoms with Gasteiger partial charge in [0.05, 0.1) is 17.5 Å². The van der Waals surface area contributed by atoms with Crippen molar-refractivity contribution in [2.75, 3.05) is 12.3 Å². The monoisotopic (exact) mass is 796 g/mol. The molecule has 17 heteroatoms. The topological polar surface area (TPSA) is 216 Å². The molecule has 0 unspecified atom stereocenters. The Morgan fingerprint density at radius 2 is 1.62 bits per heavy atom. The first kappa shape index (κ1) is 42.6. The fraction of sp³-hybridized carbons (Fsp3) is 0.590. The molecular weight excluding hydrogens is 743 g/mol. The molecule has 5 rings (SSSR count). The number of ether oxygens (including phenoxy) is 4. The summed E-state index contributed by atoms with van der Waals surface area (Å²) in [5.41, 5.74) is 4.67. The highest BCUT2D eigenvalue weighted by molar-refractivity contribution is 7.52. The number of nitrogens with two attached hydrogens (primary N) is 1. The number of nitrogens with zero attached hydrogens (tertiary/aromatic N) is 4. The molecule has 1 aliphatic carbocycles. The van der Waals surface area contributed by atoms with Gasteiger partial charge in [-0.25, -0.2) is 14.1 Å². The Morgan fingerprint density at radius 3 is 2.23 bits per heavy atom. The van der Waals surface area contributed by atoms with Crippen LogP contribution in [0.4, 0.5) is 5.82 Å². The number of para-hydroxylation sites is 1. The van der Waals surface area contributed by atoms with Gasteiger partial charge in [0.15, 0.2) is 18.0 Å². The summed E-state index contributed by atoms with van der Waals surface area (Å²) in [5.74, 6) is -2.57. The van der Waals surface area contributed by atoms with Crippen molar-refractivity contribution in [3.05, 3.63) is 54.5 Å². The number of fused-ring (bicyclic) bond motifs is 1. The number of anilines is 1. The number of benzene rings is 1. The van der Waals surface area contributed by atoms with Crippen LogP contribution in [0.5, 0.6) is 5.75 Å². The summed E-state index contributed by atoms with van der Waals surface area (Å²) >= 11 is 0. The maximum absolute atomic E-state index is 14.7. The summed E-state index contributed by atoms with van der Waals surface area (Å²) in [6.45, 7) is 13.7. The third kappa shape index (κ3) is 9.69. The van der Waals surface area contributed by atoms with Gasteiger partial charge < -0.3 is 29.2 Å². The molecule has 1 saturated carbocycles. The zero-order valence-electron chi connectivity index (χ0n) is 33.2. The van der Waals surface area contributed by atoms with E-state index in [0.717, 1.165) is 12.8 Å². The zero-order valence-corrected chi connectivity index (χ0v) is 34.1. The molecule has 2 aliphatic rings. The van der Waals surface area contributed by atoms with Gasteiger partial charge in [-0.1, -0.05) is 66.7 Å². The molecule has 6 atom stereocenters. The van der Waals surface area contributed by atoms with Gasteiger partial charge in [0, 0.05) is 0 Å². The maximum Gasteiger partial charge on any atom is 0.459 e. The predicted molar refractivity (Wildman–Crippen MR) is 204 cm³/mol. The number of nitrogen functional groups attached to an aromatic ring is 1. The summed E-state index contributed by atoms with van der Waals surface area (Å²) in [6, 6.07) is 12.2. The number of rotatable bonds is 14. The van der Waals surface area contributed by atoms with Gasteiger partial charge in [-0.15, -0.1) is 0 Å². The van der Waals surface area contributed by atoms with Crippen molar-refractivity contribution in [1.82, 2.24) is 19.7 Å². The van der Waals surface area contributed by atoms with Crippen molar-refractivity contribution < 1.29 is 46.9 Å². The standard InChI is InChI=1S/C39H53N6O10P/c1-23(2)35(46)52-32-31(29-18-19-30-34(41)42-22-43-45(29)30)54-39(20-40,33(32)53-36(47)24(3)4)21-50-56(49,55-28-12-10-9-11-13-28)44-25(5)37(48)51-27-16-14-26(15-17-27)38(6,7)8/h9-13,18-19,22-27,31-33H,14-17,21H2,1-8H3,(H,44,49)(H2,41,42,43)/t25-,26?,27?,31-,32-,33-,39+,56-/m0/s1. The third-order valence-corrected chi connectivity index (χ3v) is 11.8. The molecule has 0 spiro atoms. The van der Waals surface area contributed by atoms with Gasteiger partial charge in [0.2, 0.25) is 5.60 Å². The van der Waals surface area contributed by atoms with Gasteiger partial charge in [0.1, 0.15) is 48.5 Å². The molecule has 0 radical (unpaired) electrons. The Morgan fingerprint density at radius 1 is 0.982 bits per heavy atom. The average molecular weight is 797 g/mol. The van der Waals surface area contributed by atoms with Crippen molar-refractivity contribution in [3.63, 3.8) is 0 Å². The van der Waals surface area contributed by atoms with Gasteiger partial charge in [-0.2, -0.15) is 15.4 Å². The van der Waals surface area contributed by atoms with Crippen LogP contribution in [0.3, 0.4) is 0 Å². The number of hydrogen-bond acceptors (Lipinski definition) is 14. The largest absolute Gasteiger partial charge is 0.461 e. The molecule has 2 aromatic heterocycles. The first-order chi connectivity index (χ1) is 26.4. The van der Waals surface area contributed by atoms with Crippen molar-refractivity contribution >= 4 is 37.0 Å². The minimum Gasteiger partial charge on any atom is -0.461 e. The van der Waals surface area contributed by atoms with Gasteiger partial charge in [-0.3, -0.25) is 18.9 Å². The molecule has 3 heterocycles. The van der Waals surface area contributed by atoms with E-state index < -0.39 is 74.1 Å². The van der Waals surface area contributed by atoms with Crippen molar-refractivity contribution in [3.8, 4) is 11.8 Å². The lowest BCUT2D eigenvalue weighted by Gasteiger charge is -2.37. The number of carbonyl (C=O) groups is 3. The van der Waals surface area contributed by atoms with Crippen LogP contribution in [0.15, 0.2) is 48.8 Å². The molecule has 16 nitrogen and oxygen atoms in total. The number of aromatic nitrogens is 3. The van der Waals surface area contributed by atoms with E-state index in [1.807, 2.05) is 0 Å². The van der Waals surface area contributed by atoms with E-state index >= 15 is 0 Å². The highest BCUT2D eigenvalue weighted by Crippen LogP contribution is 2.50. The fourth-order valence-electron chi connectivity index (χ4n) is 6.75. The average Bonchev–Trinajstić information content (AvgIpc) is 3.71. The van der Waals surface area contributed by atoms with E-state index in [-0.39, 0.29) is 28.8 Å². The lowest BCUT2D eigenvalue weighted by molar-refractivity contribution is -0.173. The molecular formula is C39H53N6O10P. The summed E-state index contributed by atoms with van der Waals surface area (Å²) in [5, 5.41) is 17.9. The summed E-state index contributed by atoms with van der Waals surface area (Å²) in [6.07, 6.45) is -0.182. The van der Waals surface area contributed by atoms with E-state index in [1.54, 1.807) is 58.0 Å². The molecule has 0 amide bonds. The lowest BCUT2D eigenvalue weighted by Crippen LogP contribution is -2.50. The second-order valence-electron chi connectivity index (χ2n) is 16.1. The molecule has 304 valence electrons. The van der Waals surface area contributed by atoms with E-state index in [0.29, 0.717) is 24.3 Å².